The van der Waals surface area contributed by atoms with E-state index in [2.05, 4.69) is 21.2 Å². The lowest BCUT2D eigenvalue weighted by atomic mass is 9.75. The van der Waals surface area contributed by atoms with Crippen LogP contribution in [0, 0.1) is 5.41 Å². The Morgan fingerprint density at radius 1 is 1.38 bits per heavy atom. The highest BCUT2D eigenvalue weighted by atomic mass is 79.9. The van der Waals surface area contributed by atoms with Gasteiger partial charge in [-0.2, -0.15) is 0 Å². The first-order valence-electron chi connectivity index (χ1n) is 6.13. The Bertz CT molecular complexity index is 215. The summed E-state index contributed by atoms with van der Waals surface area (Å²) in [6.45, 7) is 3.46. The Balaban J connectivity index is 2.30. The molecule has 0 heterocycles. The predicted molar refractivity (Wildman–Crippen MR) is 68.8 cm³/mol. The van der Waals surface area contributed by atoms with Crippen molar-refractivity contribution in [3.05, 3.63) is 0 Å². The summed E-state index contributed by atoms with van der Waals surface area (Å²) >= 11 is 3.59. The maximum Gasteiger partial charge on any atom is 0.246 e. The fourth-order valence-electron chi connectivity index (χ4n) is 2.19. The second-order valence-corrected chi connectivity index (χ2v) is 5.17. The molecule has 0 spiro atoms. The van der Waals surface area contributed by atoms with Gasteiger partial charge in [-0.05, 0) is 25.2 Å². The molecule has 3 nitrogen and oxygen atoms in total. The number of carbonyl (C=O) groups excluding carboxylic acids is 1. The minimum absolute atomic E-state index is 0.00717. The summed E-state index contributed by atoms with van der Waals surface area (Å²) in [5.41, 5.74) is 0.278. The molecule has 1 saturated carbocycles. The zero-order valence-electron chi connectivity index (χ0n) is 10.1. The van der Waals surface area contributed by atoms with Gasteiger partial charge in [0.05, 0.1) is 0 Å². The van der Waals surface area contributed by atoms with Gasteiger partial charge in [0.1, 0.15) is 6.61 Å². The maximum absolute atomic E-state index is 11.5. The number of rotatable bonds is 6. The largest absolute Gasteiger partial charge is 0.372 e. The summed E-state index contributed by atoms with van der Waals surface area (Å²) in [7, 11) is 0. The fraction of sp³-hybridized carbons (Fsp3) is 0.917. The van der Waals surface area contributed by atoms with E-state index in [1.807, 2.05) is 6.92 Å². The molecule has 1 rings (SSSR count). The van der Waals surface area contributed by atoms with Gasteiger partial charge in [0, 0.05) is 18.5 Å². The van der Waals surface area contributed by atoms with Crippen molar-refractivity contribution in [2.75, 3.05) is 25.1 Å². The van der Waals surface area contributed by atoms with Gasteiger partial charge in [0.2, 0.25) is 5.91 Å². The number of nitrogens with one attached hydrogen (secondary N) is 1. The van der Waals surface area contributed by atoms with Gasteiger partial charge in [-0.15, -0.1) is 0 Å². The summed E-state index contributed by atoms with van der Waals surface area (Å²) in [5.74, 6) is 0.00717. The van der Waals surface area contributed by atoms with Crippen LogP contribution >= 0.6 is 15.9 Å². The number of ether oxygens (including phenoxy) is 1. The van der Waals surface area contributed by atoms with Gasteiger partial charge >= 0.3 is 0 Å². The lowest BCUT2D eigenvalue weighted by Gasteiger charge is -2.35. The molecular formula is C12H22BrNO2. The average Bonchev–Trinajstić information content (AvgIpc) is 2.35. The standard InChI is InChI=1S/C12H22BrNO2/c1-2-16-8-11(15)14-10-12(9-13)6-4-3-5-7-12/h2-10H2,1H3,(H,14,15). The number of carbonyl (C=O) groups is 1. The van der Waals surface area contributed by atoms with Gasteiger partial charge in [-0.25, -0.2) is 0 Å². The number of alkyl halides is 1. The molecule has 0 radical (unpaired) electrons. The molecule has 1 aliphatic carbocycles. The van der Waals surface area contributed by atoms with Crippen molar-refractivity contribution in [2.45, 2.75) is 39.0 Å². The molecule has 16 heavy (non-hydrogen) atoms. The summed E-state index contributed by atoms with van der Waals surface area (Å²) in [5, 5.41) is 3.97. The molecule has 1 aliphatic rings. The number of amides is 1. The molecule has 0 atom stereocenters. The highest BCUT2D eigenvalue weighted by Gasteiger charge is 2.31. The van der Waals surface area contributed by atoms with E-state index < -0.39 is 0 Å². The van der Waals surface area contributed by atoms with Crippen molar-refractivity contribution in [1.29, 1.82) is 0 Å². The normalized spacial score (nSPS) is 19.4. The van der Waals surface area contributed by atoms with Crippen molar-refractivity contribution < 1.29 is 9.53 Å². The Labute approximate surface area is 106 Å². The third kappa shape index (κ3) is 4.42. The number of hydrogen-bond donors (Lipinski definition) is 1. The second kappa shape index (κ2) is 7.28. The van der Waals surface area contributed by atoms with E-state index in [1.165, 1.54) is 32.1 Å². The van der Waals surface area contributed by atoms with Crippen LogP contribution in [0.15, 0.2) is 0 Å². The van der Waals surface area contributed by atoms with E-state index >= 15 is 0 Å². The fourth-order valence-corrected chi connectivity index (χ4v) is 2.95. The molecule has 1 amide bonds. The first kappa shape index (κ1) is 14.0. The second-order valence-electron chi connectivity index (χ2n) is 4.61. The van der Waals surface area contributed by atoms with Crippen LogP contribution in [0.1, 0.15) is 39.0 Å². The van der Waals surface area contributed by atoms with E-state index in [0.29, 0.717) is 6.61 Å². The summed E-state index contributed by atoms with van der Waals surface area (Å²) in [6, 6.07) is 0. The smallest absolute Gasteiger partial charge is 0.246 e. The Morgan fingerprint density at radius 2 is 2.06 bits per heavy atom. The minimum atomic E-state index is 0.00717. The lowest BCUT2D eigenvalue weighted by Crippen LogP contribution is -2.41. The van der Waals surface area contributed by atoms with Crippen LogP contribution in [0.25, 0.3) is 0 Å². The van der Waals surface area contributed by atoms with Crippen LogP contribution in [0.2, 0.25) is 0 Å². The zero-order chi connectivity index (χ0) is 11.9. The zero-order valence-corrected chi connectivity index (χ0v) is 11.6. The van der Waals surface area contributed by atoms with Crippen LogP contribution in [0.3, 0.4) is 0 Å². The van der Waals surface area contributed by atoms with Crippen LogP contribution in [0.4, 0.5) is 0 Å². The van der Waals surface area contributed by atoms with Gasteiger partial charge in [-0.1, -0.05) is 35.2 Å². The first-order valence-corrected chi connectivity index (χ1v) is 7.25. The van der Waals surface area contributed by atoms with E-state index in [-0.39, 0.29) is 17.9 Å². The monoisotopic (exact) mass is 291 g/mol. The Hall–Kier alpha value is -0.0900. The average molecular weight is 292 g/mol. The van der Waals surface area contributed by atoms with Crippen molar-refractivity contribution >= 4 is 21.8 Å². The van der Waals surface area contributed by atoms with Crippen molar-refractivity contribution in [1.82, 2.24) is 5.32 Å². The summed E-state index contributed by atoms with van der Waals surface area (Å²) in [4.78, 5) is 11.5. The third-order valence-electron chi connectivity index (χ3n) is 3.30. The van der Waals surface area contributed by atoms with Gasteiger partial charge in [-0.3, -0.25) is 4.79 Å². The van der Waals surface area contributed by atoms with E-state index in [1.54, 1.807) is 0 Å². The number of hydrogen-bond acceptors (Lipinski definition) is 2. The van der Waals surface area contributed by atoms with E-state index in [4.69, 9.17) is 4.74 Å². The summed E-state index contributed by atoms with van der Waals surface area (Å²) in [6.07, 6.45) is 6.34. The Morgan fingerprint density at radius 3 is 2.62 bits per heavy atom. The van der Waals surface area contributed by atoms with Crippen molar-refractivity contribution in [2.24, 2.45) is 5.41 Å². The van der Waals surface area contributed by atoms with Crippen LogP contribution in [0.5, 0.6) is 0 Å². The van der Waals surface area contributed by atoms with Gasteiger partial charge in [0.25, 0.3) is 0 Å². The molecule has 94 valence electrons. The van der Waals surface area contributed by atoms with Gasteiger partial charge in [0.15, 0.2) is 0 Å². The molecule has 0 bridgehead atoms. The summed E-state index contributed by atoms with van der Waals surface area (Å²) < 4.78 is 5.08. The molecular weight excluding hydrogens is 270 g/mol. The van der Waals surface area contributed by atoms with Crippen LogP contribution in [-0.4, -0.2) is 31.0 Å². The molecule has 1 N–H and O–H groups in total. The predicted octanol–water partition coefficient (Wildman–Crippen LogP) is 2.48. The highest BCUT2D eigenvalue weighted by Crippen LogP contribution is 2.37. The quantitative estimate of drug-likeness (QED) is 0.764. The number of halogens is 1. The molecule has 0 saturated heterocycles. The van der Waals surface area contributed by atoms with E-state index in [0.717, 1.165) is 11.9 Å². The molecule has 0 aromatic carbocycles. The van der Waals surface area contributed by atoms with Crippen molar-refractivity contribution in [3.8, 4) is 0 Å². The van der Waals surface area contributed by atoms with E-state index in [9.17, 15) is 4.79 Å². The highest BCUT2D eigenvalue weighted by molar-refractivity contribution is 9.09. The molecule has 4 heteroatoms. The maximum atomic E-state index is 11.5. The first-order chi connectivity index (χ1) is 7.72. The SMILES string of the molecule is CCOCC(=O)NCC1(CBr)CCCCC1. The molecule has 1 fully saturated rings. The molecule has 0 aromatic rings. The topological polar surface area (TPSA) is 38.3 Å². The van der Waals surface area contributed by atoms with Crippen molar-refractivity contribution in [3.63, 3.8) is 0 Å². The molecule has 0 unspecified atom stereocenters. The van der Waals surface area contributed by atoms with Gasteiger partial charge < -0.3 is 10.1 Å². The van der Waals surface area contributed by atoms with Crippen LogP contribution < -0.4 is 5.32 Å². The molecule has 0 aromatic heterocycles. The third-order valence-corrected chi connectivity index (χ3v) is 4.49. The Kier molecular flexibility index (Phi) is 6.36. The van der Waals surface area contributed by atoms with Crippen LogP contribution in [-0.2, 0) is 9.53 Å². The minimum Gasteiger partial charge on any atom is -0.372 e. The molecule has 0 aliphatic heterocycles. The lowest BCUT2D eigenvalue weighted by molar-refractivity contribution is -0.126.